The Labute approximate surface area is 156 Å². The predicted molar refractivity (Wildman–Crippen MR) is 89.9 cm³/mol. The fourth-order valence-electron chi connectivity index (χ4n) is 6.23. The van der Waals surface area contributed by atoms with Crippen molar-refractivity contribution < 1.29 is 33.7 Å². The van der Waals surface area contributed by atoms with E-state index in [9.17, 15) is 19.5 Å². The molecule has 0 radical (unpaired) electrons. The molecular weight excluding hydrogens is 352 g/mol. The normalized spacial score (nSPS) is 50.6. The predicted octanol–water partition coefficient (Wildman–Crippen LogP) is 1.05. The molecule has 7 heteroatoms. The summed E-state index contributed by atoms with van der Waals surface area (Å²) in [7, 11) is 0. The first-order chi connectivity index (χ1) is 12.7. The van der Waals surface area contributed by atoms with E-state index in [0.29, 0.717) is 24.8 Å². The van der Waals surface area contributed by atoms with Gasteiger partial charge in [-0.05, 0) is 32.3 Å². The third kappa shape index (κ3) is 1.96. The highest BCUT2D eigenvalue weighted by molar-refractivity contribution is 5.97. The Bertz CT molecular complexity index is 828. The Morgan fingerprint density at radius 2 is 1.96 bits per heavy atom. The van der Waals surface area contributed by atoms with Gasteiger partial charge >= 0.3 is 11.9 Å². The summed E-state index contributed by atoms with van der Waals surface area (Å²) >= 11 is 0. The van der Waals surface area contributed by atoms with Gasteiger partial charge in [0.25, 0.3) is 0 Å². The molecule has 0 amide bonds. The van der Waals surface area contributed by atoms with E-state index in [2.05, 4.69) is 0 Å². The Kier molecular flexibility index (Phi) is 3.23. The maximum atomic E-state index is 13.1. The molecule has 0 unspecified atom stereocenters. The van der Waals surface area contributed by atoms with Gasteiger partial charge in [-0.3, -0.25) is 9.59 Å². The number of hydrogen-bond acceptors (Lipinski definition) is 7. The van der Waals surface area contributed by atoms with Gasteiger partial charge in [0, 0.05) is 28.4 Å². The lowest BCUT2D eigenvalue weighted by molar-refractivity contribution is -0.172. The summed E-state index contributed by atoms with van der Waals surface area (Å²) in [6.07, 6.45) is 4.47. The van der Waals surface area contributed by atoms with Crippen molar-refractivity contribution in [2.24, 2.45) is 22.7 Å². The molecule has 0 aromatic carbocycles. The van der Waals surface area contributed by atoms with Crippen LogP contribution in [0.2, 0.25) is 0 Å². The van der Waals surface area contributed by atoms with Crippen molar-refractivity contribution in [3.8, 4) is 0 Å². The van der Waals surface area contributed by atoms with Gasteiger partial charge in [0.2, 0.25) is 6.29 Å². The third-order valence-corrected chi connectivity index (χ3v) is 7.76. The van der Waals surface area contributed by atoms with Crippen LogP contribution in [0, 0.1) is 22.7 Å². The van der Waals surface area contributed by atoms with E-state index in [-0.39, 0.29) is 18.4 Å². The van der Waals surface area contributed by atoms with Crippen molar-refractivity contribution in [1.82, 2.24) is 0 Å². The zero-order chi connectivity index (χ0) is 19.2. The molecule has 3 aliphatic heterocycles. The molecule has 3 fully saturated rings. The maximum Gasteiger partial charge on any atom is 0.333 e. The number of aliphatic hydroxyl groups is 1. The van der Waals surface area contributed by atoms with Gasteiger partial charge in [0.05, 0.1) is 24.2 Å². The second-order valence-corrected chi connectivity index (χ2v) is 8.91. The van der Waals surface area contributed by atoms with Crippen LogP contribution in [0.25, 0.3) is 0 Å². The smallest absolute Gasteiger partial charge is 0.333 e. The van der Waals surface area contributed by atoms with Crippen molar-refractivity contribution in [3.05, 3.63) is 23.8 Å². The molecule has 1 spiro atoms. The summed E-state index contributed by atoms with van der Waals surface area (Å²) in [6, 6.07) is 0. The highest BCUT2D eigenvalue weighted by Gasteiger charge is 2.72. The van der Waals surface area contributed by atoms with Crippen molar-refractivity contribution >= 4 is 17.7 Å². The topological polar surface area (TPSA) is 99.1 Å². The lowest BCUT2D eigenvalue weighted by Crippen LogP contribution is -2.61. The van der Waals surface area contributed by atoms with Crippen molar-refractivity contribution in [1.29, 1.82) is 0 Å². The number of ketones is 1. The number of esters is 2. The number of aliphatic hydroxyl groups excluding tert-OH is 1. The van der Waals surface area contributed by atoms with Gasteiger partial charge in [-0.25, -0.2) is 4.79 Å². The molecule has 3 heterocycles. The molecule has 0 aromatic heterocycles. The zero-order valence-corrected chi connectivity index (χ0v) is 15.3. The van der Waals surface area contributed by atoms with Gasteiger partial charge in [0.1, 0.15) is 0 Å². The molecule has 2 saturated heterocycles. The molecule has 5 aliphatic rings. The maximum absolute atomic E-state index is 13.1. The number of carbonyl (C=O) groups is 3. The highest BCUT2D eigenvalue weighted by Crippen LogP contribution is 2.68. The number of rotatable bonds is 1. The molecule has 144 valence electrons. The molecule has 5 rings (SSSR count). The lowest BCUT2D eigenvalue weighted by atomic mass is 9.45. The van der Waals surface area contributed by atoms with E-state index in [0.717, 1.165) is 0 Å². The van der Waals surface area contributed by atoms with E-state index < -0.39 is 46.6 Å². The molecule has 7 atom stereocenters. The Morgan fingerprint density at radius 3 is 2.67 bits per heavy atom. The Hall–Kier alpha value is -1.99. The van der Waals surface area contributed by atoms with Gasteiger partial charge in [-0.15, -0.1) is 0 Å². The molecule has 1 N–H and O–H groups in total. The van der Waals surface area contributed by atoms with Crippen LogP contribution < -0.4 is 0 Å². The van der Waals surface area contributed by atoms with Crippen LogP contribution in [0.1, 0.15) is 33.1 Å². The van der Waals surface area contributed by atoms with Gasteiger partial charge < -0.3 is 19.3 Å². The minimum atomic E-state index is -1.31. The largest absolute Gasteiger partial charge is 0.465 e. The monoisotopic (exact) mass is 374 g/mol. The van der Waals surface area contributed by atoms with Crippen LogP contribution in [0.5, 0.6) is 0 Å². The molecule has 27 heavy (non-hydrogen) atoms. The molecule has 1 saturated carbocycles. The molecule has 2 aliphatic carbocycles. The summed E-state index contributed by atoms with van der Waals surface area (Å²) < 4.78 is 16.6. The van der Waals surface area contributed by atoms with E-state index in [4.69, 9.17) is 14.2 Å². The third-order valence-electron chi connectivity index (χ3n) is 7.76. The summed E-state index contributed by atoms with van der Waals surface area (Å²) in [5.41, 5.74) is -1.31. The van der Waals surface area contributed by atoms with Gasteiger partial charge in [-0.1, -0.05) is 13.0 Å². The quantitative estimate of drug-likeness (QED) is 0.685. The lowest BCUT2D eigenvalue weighted by Gasteiger charge is -2.57. The number of cyclic esters (lactones) is 2. The first-order valence-electron chi connectivity index (χ1n) is 9.37. The average molecular weight is 374 g/mol. The minimum absolute atomic E-state index is 0.00417. The van der Waals surface area contributed by atoms with E-state index in [1.807, 2.05) is 13.8 Å². The van der Waals surface area contributed by atoms with Crippen molar-refractivity contribution in [2.45, 2.75) is 51.1 Å². The van der Waals surface area contributed by atoms with Crippen LogP contribution in [0.15, 0.2) is 23.8 Å². The number of fused-ring (bicyclic) bond motifs is 2. The fraction of sp³-hybridized carbons (Fsp3) is 0.650. The summed E-state index contributed by atoms with van der Waals surface area (Å²) in [4.78, 5) is 36.9. The van der Waals surface area contributed by atoms with Crippen molar-refractivity contribution in [3.63, 3.8) is 0 Å². The first kappa shape index (κ1) is 17.1. The van der Waals surface area contributed by atoms with Crippen LogP contribution in [-0.2, 0) is 28.6 Å². The van der Waals surface area contributed by atoms with Gasteiger partial charge in [-0.2, -0.15) is 0 Å². The number of allylic oxidation sites excluding steroid dienone is 1. The minimum Gasteiger partial charge on any atom is -0.465 e. The molecular formula is C20H22O7. The summed E-state index contributed by atoms with van der Waals surface area (Å²) in [5, 5.41) is 10.1. The van der Waals surface area contributed by atoms with Crippen LogP contribution in [-0.4, -0.2) is 47.4 Å². The summed E-state index contributed by atoms with van der Waals surface area (Å²) in [5.74, 6) is -1.67. The molecule has 0 aromatic rings. The van der Waals surface area contributed by atoms with E-state index in [1.165, 1.54) is 12.2 Å². The van der Waals surface area contributed by atoms with Crippen LogP contribution in [0.3, 0.4) is 0 Å². The van der Waals surface area contributed by atoms with Crippen LogP contribution in [0.4, 0.5) is 0 Å². The standard InChI is InChI=1S/C20H22O7/c1-18-8-13(10-7-14(22)26-16(10)23)27-19(18,2)5-6-20-9-25-17(24)11(20)3-4-12(21)15(18)20/h3-4,7,11,13,15-16,23H,5-6,8-9H2,1-2H3/t11-,13+,15+,16-,18+,19-,20+/m0/s1. The highest BCUT2D eigenvalue weighted by atomic mass is 16.6. The first-order valence-corrected chi connectivity index (χ1v) is 9.37. The van der Waals surface area contributed by atoms with E-state index >= 15 is 0 Å². The number of carbonyl (C=O) groups excluding carboxylic acids is 3. The molecule has 0 bridgehead atoms. The average Bonchev–Trinajstić information content (AvgIpc) is 3.19. The van der Waals surface area contributed by atoms with E-state index in [1.54, 1.807) is 6.08 Å². The molecule has 7 nitrogen and oxygen atoms in total. The Balaban J connectivity index is 1.58. The number of ether oxygens (including phenoxy) is 3. The SMILES string of the molecule is C[C@]12CC[C@@]34COC(=O)[C@@H]3C=CC(=O)[C@@H]4[C@@]1(C)C[C@H](C1=CC(=O)O[C@@H]1O)O2. The summed E-state index contributed by atoms with van der Waals surface area (Å²) in [6.45, 7) is 4.27. The fourth-order valence-corrected chi connectivity index (χ4v) is 6.23. The Morgan fingerprint density at radius 1 is 1.19 bits per heavy atom. The second-order valence-electron chi connectivity index (χ2n) is 8.91. The zero-order valence-electron chi connectivity index (χ0n) is 15.3. The number of hydrogen-bond donors (Lipinski definition) is 1. The van der Waals surface area contributed by atoms with Crippen LogP contribution >= 0.6 is 0 Å². The van der Waals surface area contributed by atoms with Crippen molar-refractivity contribution in [2.75, 3.05) is 6.61 Å². The van der Waals surface area contributed by atoms with Gasteiger partial charge in [0.15, 0.2) is 5.78 Å². The second kappa shape index (κ2) is 5.08.